The molecule has 1 aromatic carbocycles. The molecule has 2 amide bonds. The second-order valence-electron chi connectivity index (χ2n) is 9.16. The molecule has 1 fully saturated rings. The third-order valence-corrected chi connectivity index (χ3v) is 5.42. The molecule has 1 aliphatic heterocycles. The van der Waals surface area contributed by atoms with Gasteiger partial charge in [-0.05, 0) is 45.7 Å². The van der Waals surface area contributed by atoms with Gasteiger partial charge in [0.05, 0.1) is 12.1 Å². The first-order valence-corrected chi connectivity index (χ1v) is 11.2. The number of pyridine rings is 1. The van der Waals surface area contributed by atoms with E-state index >= 15 is 0 Å². The third kappa shape index (κ3) is 7.22. The highest BCUT2D eigenvalue weighted by atomic mass is 35.5. The van der Waals surface area contributed by atoms with Crippen molar-refractivity contribution in [2.75, 3.05) is 13.1 Å². The molecule has 2 heterocycles. The molecule has 1 aliphatic rings. The Morgan fingerprint density at radius 3 is 2.61 bits per heavy atom. The van der Waals surface area contributed by atoms with E-state index in [2.05, 4.69) is 10.3 Å². The van der Waals surface area contributed by atoms with Crippen LogP contribution in [-0.4, -0.2) is 46.3 Å². The van der Waals surface area contributed by atoms with Crippen molar-refractivity contribution in [3.05, 3.63) is 70.5 Å². The Morgan fingerprint density at radius 1 is 1.21 bits per heavy atom. The standard InChI is InChI=1S/C25H30ClN3O4/c1-18-10-11-20(21(26)27-18)12-13-25(14-15-29(17-25)23(31)33-24(2,3)4)28-22(30)32-16-19-8-6-5-7-9-19/h5-13H,14-17H2,1-4H3,(H,28,30)/b13-12+/t25-/m0/s1. The van der Waals surface area contributed by atoms with Gasteiger partial charge in [-0.1, -0.05) is 60.2 Å². The van der Waals surface area contributed by atoms with E-state index in [9.17, 15) is 9.59 Å². The zero-order chi connectivity index (χ0) is 24.1. The number of hydrogen-bond acceptors (Lipinski definition) is 5. The van der Waals surface area contributed by atoms with Gasteiger partial charge in [-0.25, -0.2) is 14.6 Å². The van der Waals surface area contributed by atoms with Crippen LogP contribution in [0.1, 0.15) is 44.0 Å². The van der Waals surface area contributed by atoms with Crippen molar-refractivity contribution in [2.45, 2.75) is 51.9 Å². The topological polar surface area (TPSA) is 80.8 Å². The van der Waals surface area contributed by atoms with Crippen LogP contribution >= 0.6 is 11.6 Å². The molecule has 1 saturated heterocycles. The van der Waals surface area contributed by atoms with Gasteiger partial charge in [-0.3, -0.25) is 0 Å². The molecule has 0 bridgehead atoms. The summed E-state index contributed by atoms with van der Waals surface area (Å²) in [6, 6.07) is 13.2. The molecule has 0 saturated carbocycles. The fraction of sp³-hybridized carbons (Fsp3) is 0.400. The molecule has 1 atom stereocenters. The smallest absolute Gasteiger partial charge is 0.410 e. The highest BCUT2D eigenvalue weighted by Crippen LogP contribution is 2.27. The summed E-state index contributed by atoms with van der Waals surface area (Å²) in [6.07, 6.45) is 3.17. The Balaban J connectivity index is 1.76. The van der Waals surface area contributed by atoms with Crippen molar-refractivity contribution in [1.82, 2.24) is 15.2 Å². The molecular formula is C25H30ClN3O4. The van der Waals surface area contributed by atoms with Crippen molar-refractivity contribution in [2.24, 2.45) is 0 Å². The molecule has 33 heavy (non-hydrogen) atoms. The number of amides is 2. The number of halogens is 1. The average Bonchev–Trinajstić information content (AvgIpc) is 3.15. The summed E-state index contributed by atoms with van der Waals surface area (Å²) < 4.78 is 10.9. The van der Waals surface area contributed by atoms with Gasteiger partial charge in [0.1, 0.15) is 17.4 Å². The number of aromatic nitrogens is 1. The second-order valence-corrected chi connectivity index (χ2v) is 9.52. The van der Waals surface area contributed by atoms with Crippen molar-refractivity contribution >= 4 is 29.9 Å². The summed E-state index contributed by atoms with van der Waals surface area (Å²) in [7, 11) is 0. The minimum atomic E-state index is -0.834. The van der Waals surface area contributed by atoms with Crippen LogP contribution in [0.3, 0.4) is 0 Å². The average molecular weight is 472 g/mol. The van der Waals surface area contributed by atoms with Crippen LogP contribution in [0, 0.1) is 6.92 Å². The number of rotatable bonds is 5. The molecule has 2 aromatic rings. The van der Waals surface area contributed by atoms with E-state index in [1.165, 1.54) is 0 Å². The van der Waals surface area contributed by atoms with E-state index < -0.39 is 23.3 Å². The molecule has 7 nitrogen and oxygen atoms in total. The number of ether oxygens (including phenoxy) is 2. The minimum absolute atomic E-state index is 0.149. The number of carbonyl (C=O) groups excluding carboxylic acids is 2. The molecule has 1 N–H and O–H groups in total. The number of alkyl carbamates (subject to hydrolysis) is 1. The van der Waals surface area contributed by atoms with Crippen LogP contribution in [0.4, 0.5) is 9.59 Å². The predicted molar refractivity (Wildman–Crippen MR) is 128 cm³/mol. The monoisotopic (exact) mass is 471 g/mol. The number of carbonyl (C=O) groups is 2. The van der Waals surface area contributed by atoms with E-state index in [0.717, 1.165) is 16.8 Å². The summed E-state index contributed by atoms with van der Waals surface area (Å²) >= 11 is 6.28. The molecule has 0 aliphatic carbocycles. The van der Waals surface area contributed by atoms with E-state index in [1.54, 1.807) is 4.90 Å². The lowest BCUT2D eigenvalue weighted by Crippen LogP contribution is -2.50. The van der Waals surface area contributed by atoms with E-state index in [4.69, 9.17) is 21.1 Å². The Kier molecular flexibility index (Phi) is 7.64. The van der Waals surface area contributed by atoms with Gasteiger partial charge in [0.15, 0.2) is 0 Å². The third-order valence-electron chi connectivity index (χ3n) is 5.12. The Morgan fingerprint density at radius 2 is 1.94 bits per heavy atom. The minimum Gasteiger partial charge on any atom is -0.445 e. The molecule has 0 unspecified atom stereocenters. The van der Waals surface area contributed by atoms with Crippen molar-refractivity contribution in [3.8, 4) is 0 Å². The number of benzene rings is 1. The second kappa shape index (κ2) is 10.3. The van der Waals surface area contributed by atoms with Gasteiger partial charge < -0.3 is 19.7 Å². The molecule has 1 aromatic heterocycles. The first-order chi connectivity index (χ1) is 15.6. The lowest BCUT2D eigenvalue weighted by Gasteiger charge is -2.28. The first kappa shape index (κ1) is 24.6. The van der Waals surface area contributed by atoms with Crippen LogP contribution in [0.15, 0.2) is 48.5 Å². The van der Waals surface area contributed by atoms with Gasteiger partial charge in [0.2, 0.25) is 0 Å². The van der Waals surface area contributed by atoms with Gasteiger partial charge in [0, 0.05) is 17.8 Å². The quantitative estimate of drug-likeness (QED) is 0.593. The summed E-state index contributed by atoms with van der Waals surface area (Å²) in [5, 5.41) is 3.32. The fourth-order valence-electron chi connectivity index (χ4n) is 3.47. The normalized spacial score (nSPS) is 18.4. The molecular weight excluding hydrogens is 442 g/mol. The molecule has 0 radical (unpaired) electrons. The Labute approximate surface area is 199 Å². The van der Waals surface area contributed by atoms with Crippen LogP contribution in [-0.2, 0) is 16.1 Å². The first-order valence-electron chi connectivity index (χ1n) is 10.8. The van der Waals surface area contributed by atoms with Crippen molar-refractivity contribution < 1.29 is 19.1 Å². The molecule has 176 valence electrons. The van der Waals surface area contributed by atoms with Gasteiger partial charge in [0.25, 0.3) is 0 Å². The SMILES string of the molecule is Cc1ccc(/C=C/[C@]2(NC(=O)OCc3ccccc3)CCN(C(=O)OC(C)(C)C)C2)c(Cl)n1. The maximum atomic E-state index is 12.7. The zero-order valence-corrected chi connectivity index (χ0v) is 20.2. The van der Waals surface area contributed by atoms with Crippen LogP contribution < -0.4 is 5.32 Å². The Bertz CT molecular complexity index is 1020. The summed E-state index contributed by atoms with van der Waals surface area (Å²) in [6.45, 7) is 8.14. The van der Waals surface area contributed by atoms with E-state index in [1.807, 2.05) is 82.3 Å². The van der Waals surface area contributed by atoms with E-state index in [-0.39, 0.29) is 13.2 Å². The Hall–Kier alpha value is -3.06. The number of nitrogens with zero attached hydrogens (tertiary/aromatic N) is 2. The number of likely N-dealkylation sites (tertiary alicyclic amines) is 1. The fourth-order valence-corrected chi connectivity index (χ4v) is 3.73. The predicted octanol–water partition coefficient (Wildman–Crippen LogP) is 5.36. The van der Waals surface area contributed by atoms with Gasteiger partial charge in [-0.15, -0.1) is 0 Å². The van der Waals surface area contributed by atoms with Crippen LogP contribution in [0.5, 0.6) is 0 Å². The number of aryl methyl sites for hydroxylation is 1. The van der Waals surface area contributed by atoms with Crippen LogP contribution in [0.2, 0.25) is 5.15 Å². The maximum absolute atomic E-state index is 12.7. The number of hydrogen-bond donors (Lipinski definition) is 1. The maximum Gasteiger partial charge on any atom is 0.410 e. The zero-order valence-electron chi connectivity index (χ0n) is 19.4. The van der Waals surface area contributed by atoms with E-state index in [0.29, 0.717) is 18.1 Å². The molecule has 0 spiro atoms. The molecule has 3 rings (SSSR count). The number of nitrogens with one attached hydrogen (secondary N) is 1. The largest absolute Gasteiger partial charge is 0.445 e. The van der Waals surface area contributed by atoms with Crippen LogP contribution in [0.25, 0.3) is 6.08 Å². The molecule has 8 heteroatoms. The summed E-state index contributed by atoms with van der Waals surface area (Å²) in [4.78, 5) is 31.1. The lowest BCUT2D eigenvalue weighted by atomic mass is 9.97. The highest BCUT2D eigenvalue weighted by Gasteiger charge is 2.41. The highest BCUT2D eigenvalue weighted by molar-refractivity contribution is 6.30. The lowest BCUT2D eigenvalue weighted by molar-refractivity contribution is 0.0284. The summed E-state index contributed by atoms with van der Waals surface area (Å²) in [5.41, 5.74) is 0.972. The van der Waals surface area contributed by atoms with Gasteiger partial charge >= 0.3 is 12.2 Å². The van der Waals surface area contributed by atoms with Crippen molar-refractivity contribution in [1.29, 1.82) is 0 Å². The van der Waals surface area contributed by atoms with Crippen molar-refractivity contribution in [3.63, 3.8) is 0 Å². The summed E-state index contributed by atoms with van der Waals surface area (Å²) in [5.74, 6) is 0. The van der Waals surface area contributed by atoms with Gasteiger partial charge in [-0.2, -0.15) is 0 Å².